The third-order valence-corrected chi connectivity index (χ3v) is 3.14. The molecule has 1 nitrogen and oxygen atoms in total. The van der Waals surface area contributed by atoms with Gasteiger partial charge in [0.15, 0.2) is 0 Å². The van der Waals surface area contributed by atoms with E-state index >= 15 is 0 Å². The van der Waals surface area contributed by atoms with Crippen LogP contribution in [0.2, 0.25) is 0 Å². The topological polar surface area (TPSA) is 26.0 Å². The minimum atomic E-state index is -4.24. The van der Waals surface area contributed by atoms with Crippen LogP contribution in [0.4, 0.5) is 13.2 Å². The van der Waals surface area contributed by atoms with Crippen LogP contribution in [0.15, 0.2) is 0 Å². The summed E-state index contributed by atoms with van der Waals surface area (Å²) < 4.78 is 37.9. The summed E-state index contributed by atoms with van der Waals surface area (Å²) in [5.74, 6) is -0.388. The third kappa shape index (κ3) is 1.82. The van der Waals surface area contributed by atoms with Crippen molar-refractivity contribution in [1.29, 1.82) is 0 Å². The van der Waals surface area contributed by atoms with Crippen LogP contribution in [0, 0.1) is 5.92 Å². The van der Waals surface area contributed by atoms with E-state index in [1.54, 1.807) is 6.92 Å². The molecule has 2 N–H and O–H groups in total. The van der Waals surface area contributed by atoms with Crippen LogP contribution in [-0.2, 0) is 0 Å². The summed E-state index contributed by atoms with van der Waals surface area (Å²) >= 11 is 0. The first-order valence-corrected chi connectivity index (χ1v) is 4.77. The van der Waals surface area contributed by atoms with Gasteiger partial charge < -0.3 is 5.73 Å². The molecule has 1 rings (SSSR count). The summed E-state index contributed by atoms with van der Waals surface area (Å²) in [5, 5.41) is 0. The first-order valence-electron chi connectivity index (χ1n) is 4.77. The smallest absolute Gasteiger partial charge is 0.317 e. The highest BCUT2D eigenvalue weighted by molar-refractivity contribution is 4.99. The van der Waals surface area contributed by atoms with Gasteiger partial charge >= 0.3 is 6.18 Å². The van der Waals surface area contributed by atoms with Gasteiger partial charge in [0, 0.05) is 0 Å². The highest BCUT2D eigenvalue weighted by Gasteiger charge is 2.56. The Bertz CT molecular complexity index is 178. The highest BCUT2D eigenvalue weighted by atomic mass is 19.4. The van der Waals surface area contributed by atoms with Crippen molar-refractivity contribution in [2.45, 2.75) is 50.7 Å². The molecule has 1 aliphatic carbocycles. The summed E-state index contributed by atoms with van der Waals surface area (Å²) in [4.78, 5) is 0. The molecule has 0 aromatic heterocycles. The van der Waals surface area contributed by atoms with E-state index < -0.39 is 11.7 Å². The molecule has 2 unspecified atom stereocenters. The summed E-state index contributed by atoms with van der Waals surface area (Å²) in [6.45, 7) is 1.78. The van der Waals surface area contributed by atoms with E-state index in [1.807, 2.05) is 0 Å². The molecule has 0 bridgehead atoms. The molecule has 1 fully saturated rings. The van der Waals surface area contributed by atoms with Crippen molar-refractivity contribution in [3.8, 4) is 0 Å². The zero-order chi connectivity index (χ0) is 10.1. The van der Waals surface area contributed by atoms with Crippen LogP contribution in [-0.4, -0.2) is 11.7 Å². The zero-order valence-electron chi connectivity index (χ0n) is 7.82. The van der Waals surface area contributed by atoms with Crippen molar-refractivity contribution >= 4 is 0 Å². The van der Waals surface area contributed by atoms with Gasteiger partial charge in [0.2, 0.25) is 0 Å². The highest BCUT2D eigenvalue weighted by Crippen LogP contribution is 2.44. The molecule has 78 valence electrons. The summed E-state index contributed by atoms with van der Waals surface area (Å²) in [5.41, 5.74) is 3.55. The normalized spacial score (nSPS) is 36.2. The molecular weight excluding hydrogens is 179 g/mol. The predicted octanol–water partition coefficient (Wildman–Crippen LogP) is 2.85. The Labute approximate surface area is 76.5 Å². The van der Waals surface area contributed by atoms with Gasteiger partial charge in [0.05, 0.1) is 0 Å². The fourth-order valence-corrected chi connectivity index (χ4v) is 2.21. The Hall–Kier alpha value is -0.250. The van der Waals surface area contributed by atoms with Crippen LogP contribution in [0.3, 0.4) is 0 Å². The molecule has 0 aromatic carbocycles. The molecule has 0 aromatic rings. The van der Waals surface area contributed by atoms with Gasteiger partial charge in [-0.1, -0.05) is 26.2 Å². The van der Waals surface area contributed by atoms with E-state index in [0.29, 0.717) is 19.3 Å². The predicted molar refractivity (Wildman–Crippen MR) is 45.2 cm³/mol. The molecule has 0 spiro atoms. The van der Waals surface area contributed by atoms with Crippen molar-refractivity contribution in [2.75, 3.05) is 0 Å². The van der Waals surface area contributed by atoms with Crippen molar-refractivity contribution < 1.29 is 13.2 Å². The van der Waals surface area contributed by atoms with Crippen molar-refractivity contribution in [3.05, 3.63) is 0 Å². The van der Waals surface area contributed by atoms with E-state index in [0.717, 1.165) is 6.42 Å². The monoisotopic (exact) mass is 195 g/mol. The van der Waals surface area contributed by atoms with Gasteiger partial charge in [0.25, 0.3) is 0 Å². The van der Waals surface area contributed by atoms with Gasteiger partial charge in [-0.05, 0) is 18.8 Å². The number of hydrogen-bond donors (Lipinski definition) is 1. The van der Waals surface area contributed by atoms with E-state index in [4.69, 9.17) is 5.73 Å². The Kier molecular flexibility index (Phi) is 2.90. The van der Waals surface area contributed by atoms with Gasteiger partial charge in [-0.25, -0.2) is 0 Å². The lowest BCUT2D eigenvalue weighted by atomic mass is 9.71. The molecule has 0 radical (unpaired) electrons. The Morgan fingerprint density at radius 3 is 2.38 bits per heavy atom. The fraction of sp³-hybridized carbons (Fsp3) is 1.00. The molecule has 13 heavy (non-hydrogen) atoms. The molecule has 0 aliphatic heterocycles. The maximum absolute atomic E-state index is 12.6. The zero-order valence-corrected chi connectivity index (χ0v) is 7.82. The number of hydrogen-bond acceptors (Lipinski definition) is 1. The number of alkyl halides is 3. The van der Waals surface area contributed by atoms with Crippen molar-refractivity contribution in [3.63, 3.8) is 0 Å². The molecule has 2 atom stereocenters. The van der Waals surface area contributed by atoms with Crippen LogP contribution in [0.1, 0.15) is 39.0 Å². The summed E-state index contributed by atoms with van der Waals surface area (Å²) in [7, 11) is 0. The first-order chi connectivity index (χ1) is 5.92. The molecule has 4 heteroatoms. The standard InChI is InChI=1S/C9H16F3N/c1-2-7-5-3-4-6-8(7,13)9(10,11)12/h7H,2-6,13H2,1H3. The fourth-order valence-electron chi connectivity index (χ4n) is 2.21. The van der Waals surface area contributed by atoms with E-state index in [1.165, 1.54) is 0 Å². The second-order valence-electron chi connectivity index (χ2n) is 3.89. The minimum Gasteiger partial charge on any atom is -0.317 e. The second kappa shape index (κ2) is 3.48. The van der Waals surface area contributed by atoms with Crippen LogP contribution >= 0.6 is 0 Å². The van der Waals surface area contributed by atoms with Gasteiger partial charge in [-0.3, -0.25) is 0 Å². The van der Waals surface area contributed by atoms with Crippen LogP contribution in [0.5, 0.6) is 0 Å². The van der Waals surface area contributed by atoms with Crippen molar-refractivity contribution in [1.82, 2.24) is 0 Å². The number of rotatable bonds is 1. The average molecular weight is 195 g/mol. The maximum atomic E-state index is 12.6. The second-order valence-corrected chi connectivity index (χ2v) is 3.89. The Balaban J connectivity index is 2.83. The van der Waals surface area contributed by atoms with Crippen LogP contribution in [0.25, 0.3) is 0 Å². The molecule has 0 heterocycles. The molecule has 1 saturated carbocycles. The average Bonchev–Trinajstić information content (AvgIpc) is 2.03. The van der Waals surface area contributed by atoms with Crippen molar-refractivity contribution in [2.24, 2.45) is 11.7 Å². The molecular formula is C9H16F3N. The van der Waals surface area contributed by atoms with Crippen LogP contribution < -0.4 is 5.73 Å². The molecule has 0 amide bonds. The lowest BCUT2D eigenvalue weighted by Gasteiger charge is -2.42. The maximum Gasteiger partial charge on any atom is 0.406 e. The quantitative estimate of drug-likeness (QED) is 0.684. The van der Waals surface area contributed by atoms with E-state index in [2.05, 4.69) is 0 Å². The lowest BCUT2D eigenvalue weighted by molar-refractivity contribution is -0.209. The largest absolute Gasteiger partial charge is 0.406 e. The molecule has 0 saturated heterocycles. The molecule has 1 aliphatic rings. The van der Waals surface area contributed by atoms with E-state index in [9.17, 15) is 13.2 Å². The third-order valence-electron chi connectivity index (χ3n) is 3.14. The van der Waals surface area contributed by atoms with E-state index in [-0.39, 0.29) is 12.3 Å². The number of halogens is 3. The van der Waals surface area contributed by atoms with Gasteiger partial charge in [-0.15, -0.1) is 0 Å². The Morgan fingerprint density at radius 2 is 2.00 bits per heavy atom. The Morgan fingerprint density at radius 1 is 1.38 bits per heavy atom. The summed E-state index contributed by atoms with van der Waals surface area (Å²) in [6.07, 6.45) is -1.52. The lowest BCUT2D eigenvalue weighted by Crippen LogP contribution is -2.59. The minimum absolute atomic E-state index is 0.0923. The van der Waals surface area contributed by atoms with Gasteiger partial charge in [-0.2, -0.15) is 13.2 Å². The van der Waals surface area contributed by atoms with Gasteiger partial charge in [0.1, 0.15) is 5.54 Å². The summed E-state index contributed by atoms with van der Waals surface area (Å²) in [6, 6.07) is 0. The first kappa shape index (κ1) is 10.8. The number of nitrogens with two attached hydrogens (primary N) is 1. The SMILES string of the molecule is CCC1CCCCC1(N)C(F)(F)F.